The molecule has 1 aromatic carbocycles. The second-order valence-electron chi connectivity index (χ2n) is 5.26. The van der Waals surface area contributed by atoms with Crippen molar-refractivity contribution in [2.45, 2.75) is 32.2 Å². The van der Waals surface area contributed by atoms with Gasteiger partial charge in [0.1, 0.15) is 0 Å². The lowest BCUT2D eigenvalue weighted by Gasteiger charge is -2.20. The van der Waals surface area contributed by atoms with Gasteiger partial charge >= 0.3 is 0 Å². The van der Waals surface area contributed by atoms with Crippen LogP contribution >= 0.6 is 0 Å². The van der Waals surface area contributed by atoms with Crippen LogP contribution in [0, 0.1) is 5.41 Å². The lowest BCUT2D eigenvalue weighted by atomic mass is 10.0. The fourth-order valence-electron chi connectivity index (χ4n) is 2.24. The number of methoxy groups -OCH3 is 1. The van der Waals surface area contributed by atoms with Crippen molar-refractivity contribution in [1.82, 2.24) is 5.32 Å². The van der Waals surface area contributed by atoms with Crippen LogP contribution < -0.4 is 5.32 Å². The maximum atomic E-state index is 5.18. The second kappa shape index (κ2) is 5.65. The Kier molecular flexibility index (Phi) is 4.19. The van der Waals surface area contributed by atoms with Gasteiger partial charge in [0, 0.05) is 26.3 Å². The van der Waals surface area contributed by atoms with E-state index in [-0.39, 0.29) is 0 Å². The Balaban J connectivity index is 1.78. The van der Waals surface area contributed by atoms with Crippen LogP contribution in [0.1, 0.15) is 37.8 Å². The monoisotopic (exact) mass is 233 g/mol. The van der Waals surface area contributed by atoms with E-state index in [0.717, 1.165) is 13.2 Å². The molecule has 0 aliphatic heterocycles. The van der Waals surface area contributed by atoms with Crippen molar-refractivity contribution in [3.63, 3.8) is 0 Å². The molecule has 0 bridgehead atoms. The summed E-state index contributed by atoms with van der Waals surface area (Å²) >= 11 is 0. The van der Waals surface area contributed by atoms with Crippen LogP contribution in [0.4, 0.5) is 0 Å². The average molecular weight is 233 g/mol. The summed E-state index contributed by atoms with van der Waals surface area (Å²) in [5, 5.41) is 3.66. The lowest BCUT2D eigenvalue weighted by molar-refractivity contribution is 0.170. The van der Waals surface area contributed by atoms with E-state index in [1.165, 1.54) is 24.8 Å². The van der Waals surface area contributed by atoms with E-state index in [0.29, 0.717) is 11.5 Å². The topological polar surface area (TPSA) is 21.3 Å². The Morgan fingerprint density at radius 3 is 2.59 bits per heavy atom. The summed E-state index contributed by atoms with van der Waals surface area (Å²) in [5.41, 5.74) is 1.90. The summed E-state index contributed by atoms with van der Waals surface area (Å²) < 4.78 is 5.18. The first-order chi connectivity index (χ1) is 8.26. The third kappa shape index (κ3) is 3.55. The highest BCUT2D eigenvalue weighted by Crippen LogP contribution is 2.48. The van der Waals surface area contributed by atoms with Crippen LogP contribution in [-0.4, -0.2) is 20.3 Å². The zero-order valence-corrected chi connectivity index (χ0v) is 10.9. The molecular formula is C15H23NO. The Bertz CT molecular complexity index is 332. The summed E-state index contributed by atoms with van der Waals surface area (Å²) in [6.45, 7) is 4.25. The Morgan fingerprint density at radius 2 is 2.00 bits per heavy atom. The van der Waals surface area contributed by atoms with Gasteiger partial charge in [-0.25, -0.2) is 0 Å². The molecule has 2 nitrogen and oxygen atoms in total. The summed E-state index contributed by atoms with van der Waals surface area (Å²) in [5.74, 6) is 0. The molecular weight excluding hydrogens is 210 g/mol. The smallest absolute Gasteiger partial charge is 0.0468 e. The van der Waals surface area contributed by atoms with E-state index in [9.17, 15) is 0 Å². The van der Waals surface area contributed by atoms with Crippen molar-refractivity contribution < 1.29 is 4.74 Å². The van der Waals surface area contributed by atoms with Crippen LogP contribution in [0.5, 0.6) is 0 Å². The predicted octanol–water partition coefficient (Wildman–Crippen LogP) is 3.15. The van der Waals surface area contributed by atoms with E-state index in [1.807, 2.05) is 0 Å². The van der Waals surface area contributed by atoms with Gasteiger partial charge in [-0.2, -0.15) is 0 Å². The highest BCUT2D eigenvalue weighted by molar-refractivity contribution is 5.18. The van der Waals surface area contributed by atoms with Crippen LogP contribution in [0.15, 0.2) is 30.3 Å². The largest absolute Gasteiger partial charge is 0.385 e. The molecule has 0 saturated heterocycles. The molecule has 1 aliphatic rings. The maximum absolute atomic E-state index is 5.18. The molecule has 0 radical (unpaired) electrons. The van der Waals surface area contributed by atoms with E-state index < -0.39 is 0 Å². The van der Waals surface area contributed by atoms with Gasteiger partial charge in [0.25, 0.3) is 0 Å². The summed E-state index contributed by atoms with van der Waals surface area (Å²) in [6, 6.07) is 11.1. The Labute approximate surface area is 104 Å². The molecule has 1 atom stereocenters. The first-order valence-electron chi connectivity index (χ1n) is 6.53. The summed E-state index contributed by atoms with van der Waals surface area (Å²) in [7, 11) is 1.79. The number of benzene rings is 1. The fourth-order valence-corrected chi connectivity index (χ4v) is 2.24. The van der Waals surface area contributed by atoms with Gasteiger partial charge in [-0.15, -0.1) is 0 Å². The van der Waals surface area contributed by atoms with Crippen molar-refractivity contribution in [1.29, 1.82) is 0 Å². The van der Waals surface area contributed by atoms with Gasteiger partial charge < -0.3 is 10.1 Å². The lowest BCUT2D eigenvalue weighted by Crippen LogP contribution is -2.27. The first-order valence-corrected chi connectivity index (χ1v) is 6.53. The standard InChI is InChI=1S/C15H23NO/c1-13(14-6-4-3-5-7-14)16-12-15(8-9-15)10-11-17-2/h3-7,13,16H,8-12H2,1-2H3. The highest BCUT2D eigenvalue weighted by Gasteiger charge is 2.41. The molecule has 0 amide bonds. The van der Waals surface area contributed by atoms with Crippen molar-refractivity contribution in [2.75, 3.05) is 20.3 Å². The third-order valence-electron chi connectivity index (χ3n) is 3.88. The molecule has 2 heteroatoms. The molecule has 1 fully saturated rings. The van der Waals surface area contributed by atoms with Crippen LogP contribution in [0.3, 0.4) is 0 Å². The van der Waals surface area contributed by atoms with E-state index in [1.54, 1.807) is 7.11 Å². The Hall–Kier alpha value is -0.860. The maximum Gasteiger partial charge on any atom is 0.0468 e. The zero-order valence-electron chi connectivity index (χ0n) is 10.9. The summed E-state index contributed by atoms with van der Waals surface area (Å²) in [4.78, 5) is 0. The molecule has 94 valence electrons. The molecule has 1 N–H and O–H groups in total. The summed E-state index contributed by atoms with van der Waals surface area (Å²) in [6.07, 6.45) is 3.90. The predicted molar refractivity (Wildman–Crippen MR) is 71.0 cm³/mol. The van der Waals surface area contributed by atoms with Crippen LogP contribution in [0.25, 0.3) is 0 Å². The highest BCUT2D eigenvalue weighted by atomic mass is 16.5. The van der Waals surface area contributed by atoms with Gasteiger partial charge in [-0.05, 0) is 37.2 Å². The third-order valence-corrected chi connectivity index (χ3v) is 3.88. The second-order valence-corrected chi connectivity index (χ2v) is 5.26. The molecule has 1 aliphatic carbocycles. The van der Waals surface area contributed by atoms with Crippen molar-refractivity contribution >= 4 is 0 Å². The molecule has 0 heterocycles. The van der Waals surface area contributed by atoms with Gasteiger partial charge in [-0.3, -0.25) is 0 Å². The molecule has 1 aromatic rings. The van der Waals surface area contributed by atoms with Crippen molar-refractivity contribution in [3.05, 3.63) is 35.9 Å². The minimum atomic E-state index is 0.441. The van der Waals surface area contributed by atoms with E-state index >= 15 is 0 Å². The van der Waals surface area contributed by atoms with Crippen LogP contribution in [0.2, 0.25) is 0 Å². The first kappa shape index (κ1) is 12.6. The average Bonchev–Trinajstić information content (AvgIpc) is 3.15. The zero-order chi connectivity index (χ0) is 12.1. The number of hydrogen-bond acceptors (Lipinski definition) is 2. The molecule has 2 rings (SSSR count). The van der Waals surface area contributed by atoms with E-state index in [4.69, 9.17) is 4.74 Å². The minimum absolute atomic E-state index is 0.441. The number of ether oxygens (including phenoxy) is 1. The van der Waals surface area contributed by atoms with Gasteiger partial charge in [0.05, 0.1) is 0 Å². The SMILES string of the molecule is COCCC1(CNC(C)c2ccccc2)CC1. The molecule has 17 heavy (non-hydrogen) atoms. The number of hydrogen-bond donors (Lipinski definition) is 1. The fraction of sp³-hybridized carbons (Fsp3) is 0.600. The van der Waals surface area contributed by atoms with Crippen LogP contribution in [-0.2, 0) is 4.74 Å². The Morgan fingerprint density at radius 1 is 1.29 bits per heavy atom. The molecule has 1 saturated carbocycles. The quantitative estimate of drug-likeness (QED) is 0.781. The van der Waals surface area contributed by atoms with Gasteiger partial charge in [0.2, 0.25) is 0 Å². The molecule has 0 spiro atoms. The minimum Gasteiger partial charge on any atom is -0.385 e. The molecule has 1 unspecified atom stereocenters. The van der Waals surface area contributed by atoms with Gasteiger partial charge in [0.15, 0.2) is 0 Å². The van der Waals surface area contributed by atoms with E-state index in [2.05, 4.69) is 42.6 Å². The number of nitrogens with one attached hydrogen (secondary N) is 1. The normalized spacial score (nSPS) is 18.9. The van der Waals surface area contributed by atoms with Gasteiger partial charge in [-0.1, -0.05) is 30.3 Å². The van der Waals surface area contributed by atoms with Crippen molar-refractivity contribution in [3.8, 4) is 0 Å². The number of rotatable bonds is 7. The van der Waals surface area contributed by atoms with Crippen molar-refractivity contribution in [2.24, 2.45) is 5.41 Å². The molecule has 0 aromatic heterocycles.